The summed E-state index contributed by atoms with van der Waals surface area (Å²) in [6.45, 7) is 4.61. The molecule has 4 nitrogen and oxygen atoms in total. The molecule has 0 radical (unpaired) electrons. The van der Waals surface area contributed by atoms with Crippen LogP contribution in [0.4, 0.5) is 0 Å². The van der Waals surface area contributed by atoms with E-state index in [2.05, 4.69) is 16.5 Å². The predicted molar refractivity (Wildman–Crippen MR) is 64.5 cm³/mol. The van der Waals surface area contributed by atoms with Crippen molar-refractivity contribution in [2.45, 2.75) is 39.2 Å². The molecule has 0 amide bonds. The van der Waals surface area contributed by atoms with E-state index >= 15 is 0 Å². The van der Waals surface area contributed by atoms with Crippen LogP contribution in [0.25, 0.3) is 0 Å². The Morgan fingerprint density at radius 2 is 2.18 bits per heavy atom. The van der Waals surface area contributed by atoms with Gasteiger partial charge in [0.2, 0.25) is 0 Å². The van der Waals surface area contributed by atoms with Crippen molar-refractivity contribution in [2.75, 3.05) is 13.2 Å². The molecule has 2 aliphatic rings. The molecule has 17 heavy (non-hydrogen) atoms. The van der Waals surface area contributed by atoms with Gasteiger partial charge < -0.3 is 4.74 Å². The van der Waals surface area contributed by atoms with Crippen LogP contribution in [0.15, 0.2) is 6.20 Å². The summed E-state index contributed by atoms with van der Waals surface area (Å²) in [6, 6.07) is 0. The quantitative estimate of drug-likeness (QED) is 0.707. The third-order valence-corrected chi connectivity index (χ3v) is 4.08. The predicted octanol–water partition coefficient (Wildman–Crippen LogP) is 1.90. The molecule has 0 spiro atoms. The average Bonchev–Trinajstić information content (AvgIpc) is 2.75. The number of rotatable bonds is 6. The molecule has 2 saturated carbocycles. The highest BCUT2D eigenvalue weighted by Gasteiger charge is 2.45. The normalized spacial score (nSPS) is 30.5. The Kier molecular flexibility index (Phi) is 3.14. The molecular weight excluding hydrogens is 214 g/mol. The summed E-state index contributed by atoms with van der Waals surface area (Å²) in [4.78, 5) is 0. The van der Waals surface area contributed by atoms with E-state index in [1.165, 1.54) is 19.3 Å². The van der Waals surface area contributed by atoms with E-state index in [0.29, 0.717) is 0 Å². The third-order valence-electron chi connectivity index (χ3n) is 4.08. The number of fused-ring (bicyclic) bond motifs is 1. The fourth-order valence-electron chi connectivity index (χ4n) is 3.12. The lowest BCUT2D eigenvalue weighted by Crippen LogP contribution is -2.09. The van der Waals surface area contributed by atoms with Crippen LogP contribution >= 0.6 is 0 Å². The summed E-state index contributed by atoms with van der Waals surface area (Å²) in [6.07, 6.45) is 7.29. The molecule has 0 N–H and O–H groups in total. The van der Waals surface area contributed by atoms with Crippen LogP contribution < -0.4 is 0 Å². The van der Waals surface area contributed by atoms with Gasteiger partial charge in [0.1, 0.15) is 0 Å². The van der Waals surface area contributed by atoms with E-state index < -0.39 is 0 Å². The zero-order valence-electron chi connectivity index (χ0n) is 10.5. The van der Waals surface area contributed by atoms with Crippen LogP contribution in [0, 0.1) is 17.8 Å². The first-order valence-electron chi connectivity index (χ1n) is 6.82. The van der Waals surface area contributed by atoms with E-state index in [1.54, 1.807) is 0 Å². The van der Waals surface area contributed by atoms with Crippen LogP contribution in [-0.2, 0) is 17.7 Å². The highest BCUT2D eigenvalue weighted by Crippen LogP contribution is 2.54. The lowest BCUT2D eigenvalue weighted by molar-refractivity contribution is 0.150. The minimum absolute atomic E-state index is 0.753. The van der Waals surface area contributed by atoms with Crippen LogP contribution in [0.1, 0.15) is 31.9 Å². The largest absolute Gasteiger partial charge is 0.381 e. The Labute approximate surface area is 102 Å². The Balaban J connectivity index is 1.46. The highest BCUT2D eigenvalue weighted by atomic mass is 16.5. The number of nitrogens with zero attached hydrogens (tertiary/aromatic N) is 3. The molecule has 0 bridgehead atoms. The van der Waals surface area contributed by atoms with Crippen LogP contribution in [0.2, 0.25) is 0 Å². The second-order valence-electron chi connectivity index (χ2n) is 5.47. The van der Waals surface area contributed by atoms with Crippen molar-refractivity contribution in [2.24, 2.45) is 17.8 Å². The minimum atomic E-state index is 0.753. The van der Waals surface area contributed by atoms with Gasteiger partial charge in [-0.15, -0.1) is 5.10 Å². The van der Waals surface area contributed by atoms with E-state index in [-0.39, 0.29) is 0 Å². The molecule has 1 heterocycles. The van der Waals surface area contributed by atoms with Gasteiger partial charge in [0, 0.05) is 25.8 Å². The monoisotopic (exact) mass is 235 g/mol. The van der Waals surface area contributed by atoms with Crippen LogP contribution in [0.3, 0.4) is 0 Å². The molecule has 0 saturated heterocycles. The van der Waals surface area contributed by atoms with Crippen molar-refractivity contribution in [3.63, 3.8) is 0 Å². The summed E-state index contributed by atoms with van der Waals surface area (Å²) < 4.78 is 7.35. The van der Waals surface area contributed by atoms with Crippen molar-refractivity contribution in [1.82, 2.24) is 15.0 Å². The van der Waals surface area contributed by atoms with E-state index in [1.807, 2.05) is 11.6 Å². The van der Waals surface area contributed by atoms with Crippen molar-refractivity contribution in [1.29, 1.82) is 0 Å². The maximum atomic E-state index is 5.32. The summed E-state index contributed by atoms with van der Waals surface area (Å²) in [5, 5.41) is 8.40. The molecule has 3 rings (SSSR count). The van der Waals surface area contributed by atoms with Crippen molar-refractivity contribution in [3.05, 3.63) is 11.9 Å². The van der Waals surface area contributed by atoms with Gasteiger partial charge in [-0.2, -0.15) is 0 Å². The van der Waals surface area contributed by atoms with Gasteiger partial charge in [0.05, 0.1) is 12.3 Å². The summed E-state index contributed by atoms with van der Waals surface area (Å²) >= 11 is 0. The first kappa shape index (κ1) is 11.2. The first-order chi connectivity index (χ1) is 8.35. The lowest BCUT2D eigenvalue weighted by atomic mass is 10.0. The van der Waals surface area contributed by atoms with Gasteiger partial charge in [-0.1, -0.05) is 5.21 Å². The fraction of sp³-hybridized carbons (Fsp3) is 0.846. The molecule has 94 valence electrons. The highest BCUT2D eigenvalue weighted by molar-refractivity contribution is 4.97. The molecule has 1 aromatic rings. The van der Waals surface area contributed by atoms with Gasteiger partial charge in [0.25, 0.3) is 0 Å². The van der Waals surface area contributed by atoms with Crippen molar-refractivity contribution < 1.29 is 4.74 Å². The smallest absolute Gasteiger partial charge is 0.0850 e. The SMILES string of the molecule is CCOCCc1cn(CC2CC3CC3C2)nn1. The molecule has 2 fully saturated rings. The lowest BCUT2D eigenvalue weighted by Gasteiger charge is -2.10. The molecule has 2 atom stereocenters. The number of hydrogen-bond acceptors (Lipinski definition) is 3. The maximum Gasteiger partial charge on any atom is 0.0850 e. The second kappa shape index (κ2) is 4.77. The van der Waals surface area contributed by atoms with E-state index in [4.69, 9.17) is 4.74 Å². The number of hydrogen-bond donors (Lipinski definition) is 0. The van der Waals surface area contributed by atoms with Gasteiger partial charge in [-0.05, 0) is 43.9 Å². The standard InChI is InChI=1S/C13H21N3O/c1-2-17-4-3-13-9-16(15-14-13)8-10-5-11-7-12(11)6-10/h9-12H,2-8H2,1H3. The molecule has 4 heteroatoms. The molecule has 0 aliphatic heterocycles. The summed E-state index contributed by atoms with van der Waals surface area (Å²) in [7, 11) is 0. The molecule has 1 aromatic heterocycles. The van der Waals surface area contributed by atoms with Crippen molar-refractivity contribution in [3.8, 4) is 0 Å². The Hall–Kier alpha value is -0.900. The zero-order chi connectivity index (χ0) is 11.7. The number of aromatic nitrogens is 3. The van der Waals surface area contributed by atoms with Gasteiger partial charge in [-0.3, -0.25) is 4.68 Å². The van der Waals surface area contributed by atoms with Gasteiger partial charge in [0.15, 0.2) is 0 Å². The zero-order valence-corrected chi connectivity index (χ0v) is 10.5. The van der Waals surface area contributed by atoms with Crippen LogP contribution in [-0.4, -0.2) is 28.2 Å². The molecule has 2 unspecified atom stereocenters. The van der Waals surface area contributed by atoms with E-state index in [0.717, 1.165) is 49.6 Å². The van der Waals surface area contributed by atoms with Crippen LogP contribution in [0.5, 0.6) is 0 Å². The second-order valence-corrected chi connectivity index (χ2v) is 5.47. The minimum Gasteiger partial charge on any atom is -0.381 e. The van der Waals surface area contributed by atoms with Gasteiger partial charge >= 0.3 is 0 Å². The maximum absolute atomic E-state index is 5.32. The Bertz CT molecular complexity index is 366. The molecule has 0 aromatic carbocycles. The Morgan fingerprint density at radius 1 is 1.35 bits per heavy atom. The van der Waals surface area contributed by atoms with E-state index in [9.17, 15) is 0 Å². The summed E-state index contributed by atoms with van der Waals surface area (Å²) in [5.74, 6) is 2.96. The Morgan fingerprint density at radius 3 is 2.94 bits per heavy atom. The molecule has 2 aliphatic carbocycles. The first-order valence-corrected chi connectivity index (χ1v) is 6.82. The fourth-order valence-corrected chi connectivity index (χ4v) is 3.12. The van der Waals surface area contributed by atoms with Crippen molar-refractivity contribution >= 4 is 0 Å². The average molecular weight is 235 g/mol. The summed E-state index contributed by atoms with van der Waals surface area (Å²) in [5.41, 5.74) is 1.06. The number of ether oxygens (including phenoxy) is 1. The molecular formula is C13H21N3O. The third kappa shape index (κ3) is 2.68. The topological polar surface area (TPSA) is 39.9 Å². The van der Waals surface area contributed by atoms with Gasteiger partial charge in [-0.25, -0.2) is 0 Å².